The highest BCUT2D eigenvalue weighted by Gasteiger charge is 2.10. The Hall–Kier alpha value is -2.37. The molecule has 0 saturated carbocycles. The van der Waals surface area contributed by atoms with E-state index >= 15 is 0 Å². The van der Waals surface area contributed by atoms with E-state index in [-0.39, 0.29) is 5.78 Å². The van der Waals surface area contributed by atoms with Crippen molar-refractivity contribution in [3.8, 4) is 11.5 Å². The van der Waals surface area contributed by atoms with Crippen LogP contribution < -0.4 is 9.47 Å². The highest BCUT2D eigenvalue weighted by atomic mass is 16.5. The minimum atomic E-state index is 0.218. The van der Waals surface area contributed by atoms with E-state index in [4.69, 9.17) is 14.2 Å². The lowest BCUT2D eigenvalue weighted by Gasteiger charge is -2.26. The van der Waals surface area contributed by atoms with Crippen LogP contribution in [0.25, 0.3) is 0 Å². The number of morpholine rings is 1. The summed E-state index contributed by atoms with van der Waals surface area (Å²) in [6.45, 7) is 9.32. The van der Waals surface area contributed by atoms with Crippen molar-refractivity contribution in [2.45, 2.75) is 33.3 Å². The molecule has 29 heavy (non-hydrogen) atoms. The second-order valence-electron chi connectivity index (χ2n) is 7.54. The van der Waals surface area contributed by atoms with Crippen molar-refractivity contribution in [3.05, 3.63) is 59.2 Å². The van der Waals surface area contributed by atoms with Crippen molar-refractivity contribution in [2.24, 2.45) is 0 Å². The van der Waals surface area contributed by atoms with Crippen LogP contribution in [0.3, 0.4) is 0 Å². The summed E-state index contributed by atoms with van der Waals surface area (Å²) in [5.41, 5.74) is 3.33. The molecule has 1 saturated heterocycles. The number of hydrogen-bond acceptors (Lipinski definition) is 5. The topological polar surface area (TPSA) is 48.0 Å². The van der Waals surface area contributed by atoms with Gasteiger partial charge in [0.15, 0.2) is 0 Å². The third-order valence-electron chi connectivity index (χ3n) is 5.08. The summed E-state index contributed by atoms with van der Waals surface area (Å²) in [6, 6.07) is 14.2. The van der Waals surface area contributed by atoms with Gasteiger partial charge in [-0.05, 0) is 55.2 Å². The molecular weight excluding hydrogens is 366 g/mol. The Morgan fingerprint density at radius 1 is 1.07 bits per heavy atom. The van der Waals surface area contributed by atoms with E-state index < -0.39 is 0 Å². The van der Waals surface area contributed by atoms with Gasteiger partial charge in [0.2, 0.25) is 0 Å². The van der Waals surface area contributed by atoms with Crippen molar-refractivity contribution in [2.75, 3.05) is 39.5 Å². The molecule has 5 heteroatoms. The van der Waals surface area contributed by atoms with Gasteiger partial charge in [-0.15, -0.1) is 0 Å². The molecule has 0 spiro atoms. The summed E-state index contributed by atoms with van der Waals surface area (Å²) in [5, 5.41) is 0. The fourth-order valence-electron chi connectivity index (χ4n) is 3.35. The quantitative estimate of drug-likeness (QED) is 0.610. The van der Waals surface area contributed by atoms with Crippen molar-refractivity contribution < 1.29 is 19.0 Å². The normalized spacial score (nSPS) is 14.6. The number of hydrogen-bond donors (Lipinski definition) is 0. The number of carbonyl (C=O) groups excluding carboxylic acids is 1. The first-order chi connectivity index (χ1) is 14.1. The molecule has 0 aliphatic carbocycles. The average Bonchev–Trinajstić information content (AvgIpc) is 2.73. The molecule has 3 rings (SSSR count). The molecule has 0 atom stereocenters. The Morgan fingerprint density at radius 2 is 1.90 bits per heavy atom. The number of ketones is 1. The molecule has 2 aromatic rings. The minimum Gasteiger partial charge on any atom is -0.492 e. The predicted octanol–water partition coefficient (Wildman–Crippen LogP) is 3.81. The average molecular weight is 398 g/mol. The molecule has 1 aliphatic rings. The van der Waals surface area contributed by atoms with Gasteiger partial charge < -0.3 is 19.0 Å². The lowest BCUT2D eigenvalue weighted by molar-refractivity contribution is -0.116. The van der Waals surface area contributed by atoms with Gasteiger partial charge in [0.25, 0.3) is 0 Å². The van der Waals surface area contributed by atoms with Crippen LogP contribution in [0.5, 0.6) is 11.5 Å². The Kier molecular flexibility index (Phi) is 8.08. The standard InChI is InChI=1S/C24H31NO4/c1-19-16-21(7-6-20(2)26)8-9-24(19)29-18-22-4-3-5-23(17-22)28-15-12-25-10-13-27-14-11-25/h3-5,8-9,16-17H,6-7,10-15,18H2,1-2H3. The van der Waals surface area contributed by atoms with E-state index in [0.717, 1.165) is 61.9 Å². The van der Waals surface area contributed by atoms with Crippen LogP contribution in [0.1, 0.15) is 30.0 Å². The van der Waals surface area contributed by atoms with Gasteiger partial charge in [-0.1, -0.05) is 24.3 Å². The third kappa shape index (κ3) is 7.18. The van der Waals surface area contributed by atoms with E-state index in [1.54, 1.807) is 6.92 Å². The SMILES string of the molecule is CC(=O)CCc1ccc(OCc2cccc(OCCN3CCOCC3)c2)c(C)c1. The highest BCUT2D eigenvalue weighted by Crippen LogP contribution is 2.22. The number of rotatable bonds is 10. The first kappa shape index (κ1) is 21.3. The zero-order chi connectivity index (χ0) is 20.5. The smallest absolute Gasteiger partial charge is 0.130 e. The van der Waals surface area contributed by atoms with Crippen LogP contribution in [0.15, 0.2) is 42.5 Å². The monoisotopic (exact) mass is 397 g/mol. The Morgan fingerprint density at radius 3 is 2.66 bits per heavy atom. The Balaban J connectivity index is 1.47. The molecule has 0 aromatic heterocycles. The highest BCUT2D eigenvalue weighted by molar-refractivity contribution is 5.75. The van der Waals surface area contributed by atoms with E-state index in [1.807, 2.05) is 43.3 Å². The van der Waals surface area contributed by atoms with Gasteiger partial charge in [0.05, 0.1) is 13.2 Å². The van der Waals surface area contributed by atoms with Crippen LogP contribution in [0.2, 0.25) is 0 Å². The van der Waals surface area contributed by atoms with Gasteiger partial charge >= 0.3 is 0 Å². The molecule has 1 heterocycles. The number of benzene rings is 2. The fourth-order valence-corrected chi connectivity index (χ4v) is 3.35. The summed E-state index contributed by atoms with van der Waals surface area (Å²) in [7, 11) is 0. The molecule has 1 fully saturated rings. The number of carbonyl (C=O) groups is 1. The first-order valence-corrected chi connectivity index (χ1v) is 10.3. The molecular formula is C24H31NO4. The Bertz CT molecular complexity index is 799. The molecule has 156 valence electrons. The molecule has 5 nitrogen and oxygen atoms in total. The van der Waals surface area contributed by atoms with Crippen molar-refractivity contribution in [1.29, 1.82) is 0 Å². The lowest BCUT2D eigenvalue weighted by atomic mass is 10.1. The number of ether oxygens (including phenoxy) is 3. The lowest BCUT2D eigenvalue weighted by Crippen LogP contribution is -2.38. The maximum Gasteiger partial charge on any atom is 0.130 e. The summed E-state index contributed by atoms with van der Waals surface area (Å²) in [4.78, 5) is 13.5. The maximum absolute atomic E-state index is 11.2. The number of Topliss-reactive ketones (excluding diaryl/α,β-unsaturated/α-hetero) is 1. The zero-order valence-corrected chi connectivity index (χ0v) is 17.5. The fraction of sp³-hybridized carbons (Fsp3) is 0.458. The van der Waals surface area contributed by atoms with Gasteiger partial charge in [-0.3, -0.25) is 4.90 Å². The maximum atomic E-state index is 11.2. The molecule has 0 bridgehead atoms. The zero-order valence-electron chi connectivity index (χ0n) is 17.5. The molecule has 0 radical (unpaired) electrons. The minimum absolute atomic E-state index is 0.218. The van der Waals surface area contributed by atoms with E-state index in [9.17, 15) is 4.79 Å². The van der Waals surface area contributed by atoms with Crippen LogP contribution >= 0.6 is 0 Å². The molecule has 0 N–H and O–H groups in total. The molecule has 0 unspecified atom stereocenters. The summed E-state index contributed by atoms with van der Waals surface area (Å²) in [5.74, 6) is 1.96. The van der Waals surface area contributed by atoms with Crippen LogP contribution in [0.4, 0.5) is 0 Å². The van der Waals surface area contributed by atoms with Crippen LogP contribution in [-0.2, 0) is 22.6 Å². The van der Waals surface area contributed by atoms with E-state index in [0.29, 0.717) is 19.6 Å². The van der Waals surface area contributed by atoms with Crippen LogP contribution in [-0.4, -0.2) is 50.1 Å². The second kappa shape index (κ2) is 11.0. The first-order valence-electron chi connectivity index (χ1n) is 10.3. The van der Waals surface area contributed by atoms with Gasteiger partial charge in [0, 0.05) is 26.1 Å². The molecule has 0 amide bonds. The van der Waals surface area contributed by atoms with Gasteiger partial charge in [-0.2, -0.15) is 0 Å². The number of nitrogens with zero attached hydrogens (tertiary/aromatic N) is 1. The Labute approximate surface area is 173 Å². The summed E-state index contributed by atoms with van der Waals surface area (Å²) < 4.78 is 17.3. The van der Waals surface area contributed by atoms with Crippen molar-refractivity contribution in [3.63, 3.8) is 0 Å². The van der Waals surface area contributed by atoms with Crippen molar-refractivity contribution >= 4 is 5.78 Å². The second-order valence-corrected chi connectivity index (χ2v) is 7.54. The van der Waals surface area contributed by atoms with Crippen molar-refractivity contribution in [1.82, 2.24) is 4.90 Å². The third-order valence-corrected chi connectivity index (χ3v) is 5.08. The summed E-state index contributed by atoms with van der Waals surface area (Å²) in [6.07, 6.45) is 1.36. The van der Waals surface area contributed by atoms with Gasteiger partial charge in [-0.25, -0.2) is 0 Å². The summed E-state index contributed by atoms with van der Waals surface area (Å²) >= 11 is 0. The van der Waals surface area contributed by atoms with E-state index in [2.05, 4.69) is 11.0 Å². The van der Waals surface area contributed by atoms with Crippen LogP contribution in [0, 0.1) is 6.92 Å². The number of aryl methyl sites for hydroxylation is 2. The molecule has 2 aromatic carbocycles. The largest absolute Gasteiger partial charge is 0.492 e. The predicted molar refractivity (Wildman–Crippen MR) is 114 cm³/mol. The van der Waals surface area contributed by atoms with E-state index in [1.165, 1.54) is 5.56 Å². The molecule has 1 aliphatic heterocycles. The van der Waals surface area contributed by atoms with Gasteiger partial charge in [0.1, 0.15) is 30.5 Å².